The maximum absolute atomic E-state index is 11.5. The van der Waals surface area contributed by atoms with Gasteiger partial charge in [-0.15, -0.1) is 0 Å². The molecule has 8 heteroatoms. The van der Waals surface area contributed by atoms with E-state index in [0.717, 1.165) is 17.1 Å². The lowest BCUT2D eigenvalue weighted by Crippen LogP contribution is -1.99. The number of hydrogen-bond donors (Lipinski definition) is 0. The van der Waals surface area contributed by atoms with Crippen LogP contribution < -0.4 is 4.74 Å². The van der Waals surface area contributed by atoms with Crippen molar-refractivity contribution in [1.29, 1.82) is 0 Å². The number of aldehydes is 1. The number of non-ortho nitro benzene ring substituents is 1. The first-order chi connectivity index (χ1) is 13.7. The van der Waals surface area contributed by atoms with Crippen LogP contribution in [0, 0.1) is 10.1 Å². The highest BCUT2D eigenvalue weighted by Gasteiger charge is 2.13. The Kier molecular flexibility index (Phi) is 4.51. The smallest absolute Gasteiger partial charge is 0.269 e. The van der Waals surface area contributed by atoms with Gasteiger partial charge < -0.3 is 9.26 Å². The van der Waals surface area contributed by atoms with Crippen LogP contribution in [-0.2, 0) is 6.61 Å². The molecule has 1 aromatic heterocycles. The molecular formula is C20H13N3O5. The molecule has 0 aliphatic rings. The largest absolute Gasteiger partial charge is 0.483 e. The zero-order valence-electron chi connectivity index (χ0n) is 14.4. The van der Waals surface area contributed by atoms with Crippen LogP contribution in [0.2, 0.25) is 0 Å². The lowest BCUT2D eigenvalue weighted by atomic mass is 10.0. The molecule has 0 saturated carbocycles. The van der Waals surface area contributed by atoms with Gasteiger partial charge in [0.1, 0.15) is 5.75 Å². The summed E-state index contributed by atoms with van der Waals surface area (Å²) in [4.78, 5) is 26.0. The van der Waals surface area contributed by atoms with E-state index in [1.165, 1.54) is 12.1 Å². The van der Waals surface area contributed by atoms with E-state index in [9.17, 15) is 14.9 Å². The minimum atomic E-state index is -0.479. The van der Waals surface area contributed by atoms with Gasteiger partial charge in [-0.25, -0.2) is 0 Å². The van der Waals surface area contributed by atoms with E-state index in [4.69, 9.17) is 9.26 Å². The van der Waals surface area contributed by atoms with E-state index >= 15 is 0 Å². The van der Waals surface area contributed by atoms with Gasteiger partial charge in [0, 0.05) is 17.7 Å². The molecule has 0 amide bonds. The van der Waals surface area contributed by atoms with Gasteiger partial charge in [0.15, 0.2) is 12.9 Å². The number of nitro benzene ring substituents is 1. The molecule has 1 heterocycles. The number of benzene rings is 3. The second kappa shape index (κ2) is 7.28. The summed E-state index contributed by atoms with van der Waals surface area (Å²) in [6.07, 6.45) is 0.758. The molecule has 0 aliphatic heterocycles. The van der Waals surface area contributed by atoms with Crippen molar-refractivity contribution in [3.8, 4) is 17.1 Å². The molecule has 138 valence electrons. The highest BCUT2D eigenvalue weighted by atomic mass is 16.6. The maximum Gasteiger partial charge on any atom is 0.269 e. The van der Waals surface area contributed by atoms with Crippen LogP contribution in [-0.4, -0.2) is 21.4 Å². The summed E-state index contributed by atoms with van der Waals surface area (Å²) in [5.74, 6) is 0.935. The first-order valence-corrected chi connectivity index (χ1v) is 8.33. The number of nitrogens with zero attached hydrogens (tertiary/aromatic N) is 3. The Morgan fingerprint density at radius 3 is 2.61 bits per heavy atom. The Morgan fingerprint density at radius 1 is 1.07 bits per heavy atom. The molecule has 28 heavy (non-hydrogen) atoms. The number of nitro groups is 1. The number of carbonyl (C=O) groups excluding carboxylic acids is 1. The van der Waals surface area contributed by atoms with Gasteiger partial charge >= 0.3 is 0 Å². The molecule has 0 fully saturated rings. The molecule has 3 aromatic carbocycles. The molecule has 0 saturated heterocycles. The molecule has 0 aliphatic carbocycles. The van der Waals surface area contributed by atoms with Crippen LogP contribution in [0.1, 0.15) is 16.2 Å². The van der Waals surface area contributed by atoms with Gasteiger partial charge in [-0.3, -0.25) is 14.9 Å². The predicted octanol–water partition coefficient (Wildman–Crippen LogP) is 4.19. The van der Waals surface area contributed by atoms with E-state index in [2.05, 4.69) is 10.1 Å². The summed E-state index contributed by atoms with van der Waals surface area (Å²) in [5.41, 5.74) is 1.02. The van der Waals surface area contributed by atoms with E-state index in [1.807, 2.05) is 30.3 Å². The molecule has 4 rings (SSSR count). The average Bonchev–Trinajstić information content (AvgIpc) is 3.21. The Balaban J connectivity index is 1.53. The SMILES string of the molecule is O=Cc1c(OCc2nc(-c3ccc([N+](=O)[O-])cc3)no2)ccc2ccccc12. The summed E-state index contributed by atoms with van der Waals surface area (Å²) in [5, 5.41) is 16.3. The zero-order valence-corrected chi connectivity index (χ0v) is 14.4. The van der Waals surface area contributed by atoms with Crippen LogP contribution >= 0.6 is 0 Å². The summed E-state index contributed by atoms with van der Waals surface area (Å²) in [6.45, 7) is -0.0147. The first-order valence-electron chi connectivity index (χ1n) is 8.33. The van der Waals surface area contributed by atoms with Gasteiger partial charge in [-0.05, 0) is 29.0 Å². The highest BCUT2D eigenvalue weighted by Crippen LogP contribution is 2.27. The molecule has 0 spiro atoms. The Hall–Kier alpha value is -4.07. The summed E-state index contributed by atoms with van der Waals surface area (Å²) in [7, 11) is 0. The zero-order chi connectivity index (χ0) is 19.5. The van der Waals surface area contributed by atoms with Crippen molar-refractivity contribution in [3.63, 3.8) is 0 Å². The van der Waals surface area contributed by atoms with E-state index in [-0.39, 0.29) is 18.2 Å². The number of aromatic nitrogens is 2. The molecule has 8 nitrogen and oxygen atoms in total. The third kappa shape index (κ3) is 3.30. The fraction of sp³-hybridized carbons (Fsp3) is 0.0500. The van der Waals surface area contributed by atoms with Crippen molar-refractivity contribution in [3.05, 3.63) is 82.2 Å². The van der Waals surface area contributed by atoms with Gasteiger partial charge in [0.2, 0.25) is 5.82 Å². The first kappa shape index (κ1) is 17.3. The topological polar surface area (TPSA) is 108 Å². The van der Waals surface area contributed by atoms with E-state index in [0.29, 0.717) is 22.7 Å². The van der Waals surface area contributed by atoms with E-state index < -0.39 is 4.92 Å². The molecule has 0 unspecified atom stereocenters. The minimum absolute atomic E-state index is 0.0147. The number of rotatable bonds is 6. The number of hydrogen-bond acceptors (Lipinski definition) is 7. The molecular weight excluding hydrogens is 362 g/mol. The molecule has 0 N–H and O–H groups in total. The maximum atomic E-state index is 11.5. The van der Waals surface area contributed by atoms with Crippen molar-refractivity contribution in [2.45, 2.75) is 6.61 Å². The van der Waals surface area contributed by atoms with Crippen LogP contribution in [0.5, 0.6) is 5.75 Å². The van der Waals surface area contributed by atoms with Crippen molar-refractivity contribution >= 4 is 22.7 Å². The van der Waals surface area contributed by atoms with Gasteiger partial charge in [0.05, 0.1) is 10.5 Å². The lowest BCUT2D eigenvalue weighted by Gasteiger charge is -2.08. The molecule has 0 bridgehead atoms. The van der Waals surface area contributed by atoms with Crippen LogP contribution in [0.4, 0.5) is 5.69 Å². The third-order valence-electron chi connectivity index (χ3n) is 4.20. The molecule has 4 aromatic rings. The number of carbonyl (C=O) groups is 1. The Labute approximate surface area is 158 Å². The second-order valence-corrected chi connectivity index (χ2v) is 5.92. The second-order valence-electron chi connectivity index (χ2n) is 5.92. The number of fused-ring (bicyclic) bond motifs is 1. The minimum Gasteiger partial charge on any atom is -0.483 e. The Morgan fingerprint density at radius 2 is 1.86 bits per heavy atom. The van der Waals surface area contributed by atoms with Crippen LogP contribution in [0.15, 0.2) is 65.2 Å². The van der Waals surface area contributed by atoms with E-state index in [1.54, 1.807) is 18.2 Å². The van der Waals surface area contributed by atoms with Gasteiger partial charge in [-0.2, -0.15) is 4.98 Å². The normalized spacial score (nSPS) is 10.7. The van der Waals surface area contributed by atoms with Crippen molar-refractivity contribution < 1.29 is 19.0 Å². The van der Waals surface area contributed by atoms with Crippen LogP contribution in [0.3, 0.4) is 0 Å². The fourth-order valence-corrected chi connectivity index (χ4v) is 2.83. The van der Waals surface area contributed by atoms with Crippen LogP contribution in [0.25, 0.3) is 22.2 Å². The van der Waals surface area contributed by atoms with Gasteiger partial charge in [-0.1, -0.05) is 35.5 Å². The number of ether oxygens (including phenoxy) is 1. The summed E-state index contributed by atoms with van der Waals surface area (Å²) >= 11 is 0. The predicted molar refractivity (Wildman–Crippen MR) is 100 cm³/mol. The Bertz CT molecular complexity index is 1170. The van der Waals surface area contributed by atoms with Crippen molar-refractivity contribution in [2.24, 2.45) is 0 Å². The fourth-order valence-electron chi connectivity index (χ4n) is 2.83. The lowest BCUT2D eigenvalue weighted by molar-refractivity contribution is -0.384. The quantitative estimate of drug-likeness (QED) is 0.282. The summed E-state index contributed by atoms with van der Waals surface area (Å²) in [6, 6.07) is 16.9. The molecule has 0 atom stereocenters. The van der Waals surface area contributed by atoms with Gasteiger partial charge in [0.25, 0.3) is 11.6 Å². The summed E-state index contributed by atoms with van der Waals surface area (Å²) < 4.78 is 10.9. The average molecular weight is 375 g/mol. The van der Waals surface area contributed by atoms with Crippen molar-refractivity contribution in [1.82, 2.24) is 10.1 Å². The third-order valence-corrected chi connectivity index (χ3v) is 4.20. The highest BCUT2D eigenvalue weighted by molar-refractivity contribution is 6.00. The van der Waals surface area contributed by atoms with Crippen molar-refractivity contribution in [2.75, 3.05) is 0 Å². The molecule has 0 radical (unpaired) electrons. The monoisotopic (exact) mass is 375 g/mol. The standard InChI is InChI=1S/C20H13N3O5/c24-11-17-16-4-2-1-3-13(16)7-10-18(17)27-12-19-21-20(22-28-19)14-5-8-15(9-6-14)23(25)26/h1-11H,12H2.